The van der Waals surface area contributed by atoms with Gasteiger partial charge in [-0.15, -0.1) is 0 Å². The van der Waals surface area contributed by atoms with E-state index in [9.17, 15) is 9.18 Å². The fraction of sp³-hybridized carbons (Fsp3) is 0.350. The van der Waals surface area contributed by atoms with E-state index in [1.54, 1.807) is 12.1 Å². The Morgan fingerprint density at radius 3 is 2.38 bits per heavy atom. The molecule has 0 radical (unpaired) electrons. The standard InChI is InChI=1S/C20H23FN2O/c1-14(23-12-3-2-4-13-23)15-8-10-16(11-9-15)17-6-5-7-18(21)19(17)20(22)24/h5-11,14H,2-4,12-13H2,1H3,(H2,22,24). The summed E-state index contributed by atoms with van der Waals surface area (Å²) in [7, 11) is 0. The van der Waals surface area contributed by atoms with Crippen LogP contribution in [0.4, 0.5) is 4.39 Å². The molecule has 1 fully saturated rings. The highest BCUT2D eigenvalue weighted by Crippen LogP contribution is 2.29. The lowest BCUT2D eigenvalue weighted by molar-refractivity contribution is 0.0997. The molecule has 1 aliphatic heterocycles. The van der Waals surface area contributed by atoms with Gasteiger partial charge in [0.1, 0.15) is 5.82 Å². The number of nitrogens with zero attached hydrogens (tertiary/aromatic N) is 1. The summed E-state index contributed by atoms with van der Waals surface area (Å²) in [6.07, 6.45) is 3.83. The number of carbonyl (C=O) groups is 1. The molecule has 1 saturated heterocycles. The number of hydrogen-bond acceptors (Lipinski definition) is 2. The second-order valence-corrected chi connectivity index (χ2v) is 6.42. The van der Waals surface area contributed by atoms with E-state index in [0.717, 1.165) is 18.7 Å². The monoisotopic (exact) mass is 326 g/mol. The molecule has 1 amide bonds. The van der Waals surface area contributed by atoms with E-state index in [2.05, 4.69) is 24.0 Å². The van der Waals surface area contributed by atoms with Crippen LogP contribution < -0.4 is 5.73 Å². The van der Waals surface area contributed by atoms with Crippen molar-refractivity contribution in [3.63, 3.8) is 0 Å². The van der Waals surface area contributed by atoms with Crippen LogP contribution in [0.25, 0.3) is 11.1 Å². The lowest BCUT2D eigenvalue weighted by atomic mass is 9.96. The number of hydrogen-bond donors (Lipinski definition) is 1. The zero-order valence-electron chi connectivity index (χ0n) is 14.0. The van der Waals surface area contributed by atoms with Crippen LogP contribution in [0.15, 0.2) is 42.5 Å². The van der Waals surface area contributed by atoms with Gasteiger partial charge in [-0.05, 0) is 55.6 Å². The Morgan fingerprint density at radius 1 is 1.08 bits per heavy atom. The van der Waals surface area contributed by atoms with Gasteiger partial charge in [0.05, 0.1) is 5.56 Å². The third-order valence-corrected chi connectivity index (χ3v) is 4.90. The molecule has 0 aromatic heterocycles. The number of rotatable bonds is 4. The van der Waals surface area contributed by atoms with Gasteiger partial charge in [0, 0.05) is 6.04 Å². The van der Waals surface area contributed by atoms with Gasteiger partial charge in [0.2, 0.25) is 0 Å². The van der Waals surface area contributed by atoms with Crippen molar-refractivity contribution in [2.45, 2.75) is 32.2 Å². The predicted molar refractivity (Wildman–Crippen MR) is 94.2 cm³/mol. The van der Waals surface area contributed by atoms with E-state index in [0.29, 0.717) is 11.6 Å². The third-order valence-electron chi connectivity index (χ3n) is 4.90. The third kappa shape index (κ3) is 3.34. The van der Waals surface area contributed by atoms with Crippen molar-refractivity contribution in [2.75, 3.05) is 13.1 Å². The highest BCUT2D eigenvalue weighted by atomic mass is 19.1. The van der Waals surface area contributed by atoms with Gasteiger partial charge < -0.3 is 5.73 Å². The smallest absolute Gasteiger partial charge is 0.252 e. The van der Waals surface area contributed by atoms with E-state index in [1.165, 1.54) is 30.9 Å². The highest BCUT2D eigenvalue weighted by molar-refractivity contribution is 6.00. The second kappa shape index (κ2) is 7.14. The maximum Gasteiger partial charge on any atom is 0.252 e. The van der Waals surface area contributed by atoms with Gasteiger partial charge in [-0.3, -0.25) is 9.69 Å². The van der Waals surface area contributed by atoms with Crippen LogP contribution in [0.2, 0.25) is 0 Å². The maximum absolute atomic E-state index is 13.9. The Labute approximate surface area is 142 Å². The molecule has 2 aromatic carbocycles. The van der Waals surface area contributed by atoms with Crippen LogP contribution in [-0.2, 0) is 0 Å². The minimum Gasteiger partial charge on any atom is -0.365 e. The van der Waals surface area contributed by atoms with Crippen molar-refractivity contribution < 1.29 is 9.18 Å². The first-order chi connectivity index (χ1) is 11.6. The maximum atomic E-state index is 13.9. The summed E-state index contributed by atoms with van der Waals surface area (Å²) in [5, 5.41) is 0. The van der Waals surface area contributed by atoms with Crippen molar-refractivity contribution in [3.05, 3.63) is 59.4 Å². The number of benzene rings is 2. The Balaban J connectivity index is 1.87. The molecule has 1 heterocycles. The van der Waals surface area contributed by atoms with E-state index < -0.39 is 11.7 Å². The molecule has 4 heteroatoms. The number of primary amides is 1. The number of amides is 1. The first-order valence-corrected chi connectivity index (χ1v) is 8.50. The lowest BCUT2D eigenvalue weighted by Crippen LogP contribution is -2.32. The van der Waals surface area contributed by atoms with Gasteiger partial charge in [-0.1, -0.05) is 42.8 Å². The molecule has 3 rings (SSSR count). The normalized spacial score (nSPS) is 16.8. The molecule has 0 saturated carbocycles. The summed E-state index contributed by atoms with van der Waals surface area (Å²) in [6, 6.07) is 13.0. The summed E-state index contributed by atoms with van der Waals surface area (Å²) in [4.78, 5) is 14.1. The molecule has 24 heavy (non-hydrogen) atoms. The van der Waals surface area contributed by atoms with E-state index in [1.807, 2.05) is 12.1 Å². The van der Waals surface area contributed by atoms with Crippen LogP contribution >= 0.6 is 0 Å². The van der Waals surface area contributed by atoms with Gasteiger partial charge in [-0.25, -0.2) is 4.39 Å². The molecule has 2 N–H and O–H groups in total. The molecule has 2 aromatic rings. The van der Waals surface area contributed by atoms with Crippen LogP contribution in [0.3, 0.4) is 0 Å². The molecule has 1 atom stereocenters. The fourth-order valence-corrected chi connectivity index (χ4v) is 3.47. The van der Waals surface area contributed by atoms with E-state index in [4.69, 9.17) is 5.73 Å². The molecule has 3 nitrogen and oxygen atoms in total. The van der Waals surface area contributed by atoms with Crippen LogP contribution in [0, 0.1) is 5.82 Å². The summed E-state index contributed by atoms with van der Waals surface area (Å²) in [5.41, 5.74) is 7.87. The van der Waals surface area contributed by atoms with Crippen LogP contribution in [0.1, 0.15) is 48.1 Å². The number of likely N-dealkylation sites (tertiary alicyclic amines) is 1. The summed E-state index contributed by atoms with van der Waals surface area (Å²) in [6.45, 7) is 4.49. The molecule has 0 spiro atoms. The fourth-order valence-electron chi connectivity index (χ4n) is 3.47. The SMILES string of the molecule is CC(c1ccc(-c2cccc(F)c2C(N)=O)cc1)N1CCCCC1. The van der Waals surface area contributed by atoms with Crippen LogP contribution in [-0.4, -0.2) is 23.9 Å². The van der Waals surface area contributed by atoms with Crippen molar-refractivity contribution >= 4 is 5.91 Å². The number of piperidine rings is 1. The highest BCUT2D eigenvalue weighted by Gasteiger charge is 2.19. The molecule has 126 valence electrons. The number of carbonyl (C=O) groups excluding carboxylic acids is 1. The quantitative estimate of drug-likeness (QED) is 0.918. The van der Waals surface area contributed by atoms with E-state index in [-0.39, 0.29) is 5.56 Å². The molecular weight excluding hydrogens is 303 g/mol. The topological polar surface area (TPSA) is 46.3 Å². The zero-order valence-corrected chi connectivity index (χ0v) is 14.0. The first-order valence-electron chi connectivity index (χ1n) is 8.50. The predicted octanol–water partition coefficient (Wildman–Crippen LogP) is 4.14. The summed E-state index contributed by atoms with van der Waals surface area (Å²) < 4.78 is 13.9. The van der Waals surface area contributed by atoms with Crippen LogP contribution in [0.5, 0.6) is 0 Å². The molecular formula is C20H23FN2O. The molecule has 1 aliphatic rings. The first kappa shape index (κ1) is 16.7. The van der Waals surface area contributed by atoms with E-state index >= 15 is 0 Å². The summed E-state index contributed by atoms with van der Waals surface area (Å²) in [5.74, 6) is -1.32. The Hall–Kier alpha value is -2.20. The molecule has 0 aliphatic carbocycles. The van der Waals surface area contributed by atoms with Gasteiger partial charge >= 0.3 is 0 Å². The molecule has 1 unspecified atom stereocenters. The molecule has 0 bridgehead atoms. The largest absolute Gasteiger partial charge is 0.365 e. The lowest BCUT2D eigenvalue weighted by Gasteiger charge is -2.32. The minimum absolute atomic E-state index is 0.0469. The van der Waals surface area contributed by atoms with Crippen molar-refractivity contribution in [3.8, 4) is 11.1 Å². The van der Waals surface area contributed by atoms with Crippen molar-refractivity contribution in [1.82, 2.24) is 4.90 Å². The zero-order chi connectivity index (χ0) is 17.1. The van der Waals surface area contributed by atoms with Crippen molar-refractivity contribution in [2.24, 2.45) is 5.73 Å². The van der Waals surface area contributed by atoms with Gasteiger partial charge in [0.15, 0.2) is 0 Å². The Bertz CT molecular complexity index is 721. The average Bonchev–Trinajstić information content (AvgIpc) is 2.61. The second-order valence-electron chi connectivity index (χ2n) is 6.42. The Kier molecular flexibility index (Phi) is 4.95. The summed E-state index contributed by atoms with van der Waals surface area (Å²) >= 11 is 0. The van der Waals surface area contributed by atoms with Crippen molar-refractivity contribution in [1.29, 1.82) is 0 Å². The Morgan fingerprint density at radius 2 is 1.75 bits per heavy atom. The number of nitrogens with two attached hydrogens (primary N) is 1. The number of halogens is 1. The average molecular weight is 326 g/mol. The minimum atomic E-state index is -0.742. The van der Waals surface area contributed by atoms with Gasteiger partial charge in [-0.2, -0.15) is 0 Å². The van der Waals surface area contributed by atoms with Gasteiger partial charge in [0.25, 0.3) is 5.91 Å².